The number of fused-ring (bicyclic) bond motifs is 1. The fraction of sp³-hybridized carbons (Fsp3) is 0.250. The minimum atomic E-state index is -1.96. The SMILES string of the molecule is Cc1cc(Cl)c2c(c1)C(c1cccc(S(=O)O)c1)CNC2. The number of hydrogen-bond acceptors (Lipinski definition) is 2. The zero-order chi connectivity index (χ0) is 15.0. The van der Waals surface area contributed by atoms with Crippen molar-refractivity contribution in [2.24, 2.45) is 0 Å². The molecule has 0 aliphatic carbocycles. The Balaban J connectivity index is 2.10. The molecule has 2 aromatic carbocycles. The summed E-state index contributed by atoms with van der Waals surface area (Å²) in [5.41, 5.74) is 4.49. The van der Waals surface area contributed by atoms with Crippen LogP contribution in [0, 0.1) is 6.92 Å². The van der Waals surface area contributed by atoms with Crippen molar-refractivity contribution in [3.05, 3.63) is 63.7 Å². The molecular formula is C16H16ClNO2S. The van der Waals surface area contributed by atoms with E-state index in [0.29, 0.717) is 4.90 Å². The van der Waals surface area contributed by atoms with E-state index in [2.05, 4.69) is 11.4 Å². The molecule has 0 saturated heterocycles. The van der Waals surface area contributed by atoms with E-state index in [1.54, 1.807) is 12.1 Å². The molecule has 0 spiro atoms. The first-order valence-electron chi connectivity index (χ1n) is 6.76. The number of aryl methyl sites for hydroxylation is 1. The average Bonchev–Trinajstić information content (AvgIpc) is 2.46. The van der Waals surface area contributed by atoms with Gasteiger partial charge >= 0.3 is 0 Å². The molecule has 2 aromatic rings. The van der Waals surface area contributed by atoms with Crippen LogP contribution in [-0.4, -0.2) is 15.3 Å². The molecule has 1 aliphatic rings. The summed E-state index contributed by atoms with van der Waals surface area (Å²) < 4.78 is 20.5. The highest BCUT2D eigenvalue weighted by Crippen LogP contribution is 2.35. The lowest BCUT2D eigenvalue weighted by Crippen LogP contribution is -2.29. The minimum absolute atomic E-state index is 0.148. The van der Waals surface area contributed by atoms with Gasteiger partial charge in [0.1, 0.15) is 0 Å². The van der Waals surface area contributed by atoms with Gasteiger partial charge in [-0.1, -0.05) is 29.8 Å². The van der Waals surface area contributed by atoms with Crippen LogP contribution in [-0.2, 0) is 17.6 Å². The van der Waals surface area contributed by atoms with Crippen molar-refractivity contribution >= 4 is 22.7 Å². The molecule has 0 amide bonds. The summed E-state index contributed by atoms with van der Waals surface area (Å²) >= 11 is 4.40. The average molecular weight is 322 g/mol. The summed E-state index contributed by atoms with van der Waals surface area (Å²) in [6, 6.07) is 11.4. The number of rotatable bonds is 2. The first kappa shape index (κ1) is 14.7. The Kier molecular flexibility index (Phi) is 4.13. The molecule has 2 N–H and O–H groups in total. The highest BCUT2D eigenvalue weighted by atomic mass is 35.5. The van der Waals surface area contributed by atoms with Crippen molar-refractivity contribution in [3.8, 4) is 0 Å². The van der Waals surface area contributed by atoms with E-state index >= 15 is 0 Å². The van der Waals surface area contributed by atoms with E-state index in [1.165, 1.54) is 5.56 Å². The summed E-state index contributed by atoms with van der Waals surface area (Å²) in [7, 11) is 0. The lowest BCUT2D eigenvalue weighted by Gasteiger charge is -2.28. The second-order valence-corrected chi connectivity index (χ2v) is 6.70. The lowest BCUT2D eigenvalue weighted by molar-refractivity contribution is 0.563. The summed E-state index contributed by atoms with van der Waals surface area (Å²) in [6.45, 7) is 3.59. The lowest BCUT2D eigenvalue weighted by atomic mass is 9.84. The molecule has 21 heavy (non-hydrogen) atoms. The highest BCUT2D eigenvalue weighted by molar-refractivity contribution is 7.79. The smallest absolute Gasteiger partial charge is 0.186 e. The predicted molar refractivity (Wildman–Crippen MR) is 85.2 cm³/mol. The summed E-state index contributed by atoms with van der Waals surface area (Å²) in [5.74, 6) is 0.148. The molecule has 0 bridgehead atoms. The Hall–Kier alpha value is -1.20. The van der Waals surface area contributed by atoms with Crippen molar-refractivity contribution in [3.63, 3.8) is 0 Å². The molecule has 0 aromatic heterocycles. The third-order valence-electron chi connectivity index (χ3n) is 3.86. The van der Waals surface area contributed by atoms with Gasteiger partial charge in [0, 0.05) is 24.0 Å². The summed E-state index contributed by atoms with van der Waals surface area (Å²) in [6.07, 6.45) is 0. The van der Waals surface area contributed by atoms with Crippen LogP contribution in [0.25, 0.3) is 0 Å². The van der Waals surface area contributed by atoms with Gasteiger partial charge in [-0.15, -0.1) is 0 Å². The Bertz CT molecular complexity index is 717. The molecule has 1 aliphatic heterocycles. The van der Waals surface area contributed by atoms with Crippen LogP contribution in [0.4, 0.5) is 0 Å². The first-order chi connectivity index (χ1) is 10.1. The van der Waals surface area contributed by atoms with Crippen molar-refractivity contribution in [2.75, 3.05) is 6.54 Å². The van der Waals surface area contributed by atoms with Crippen molar-refractivity contribution in [2.45, 2.75) is 24.3 Å². The Labute approximate surface area is 131 Å². The Morgan fingerprint density at radius 1 is 1.33 bits per heavy atom. The predicted octanol–water partition coefficient (Wildman–Crippen LogP) is 3.46. The topological polar surface area (TPSA) is 49.3 Å². The fourth-order valence-corrected chi connectivity index (χ4v) is 3.67. The standard InChI is InChI=1S/C16H16ClNO2S/c1-10-5-13-14(8-18-9-15(13)16(17)6-10)11-3-2-4-12(7-11)21(19)20/h2-7,14,18H,8-9H2,1H3,(H,19,20). The fourth-order valence-electron chi connectivity index (χ4n) is 2.89. The van der Waals surface area contributed by atoms with E-state index < -0.39 is 11.1 Å². The molecule has 3 rings (SSSR count). The van der Waals surface area contributed by atoms with Gasteiger partial charge in [0.05, 0.1) is 4.90 Å². The maximum absolute atomic E-state index is 11.3. The largest absolute Gasteiger partial charge is 0.312 e. The van der Waals surface area contributed by atoms with Gasteiger partial charge in [-0.05, 0) is 47.4 Å². The Morgan fingerprint density at radius 2 is 2.14 bits per heavy atom. The monoisotopic (exact) mass is 321 g/mol. The van der Waals surface area contributed by atoms with Gasteiger partial charge in [-0.3, -0.25) is 0 Å². The zero-order valence-corrected chi connectivity index (χ0v) is 13.2. The number of halogens is 1. The van der Waals surface area contributed by atoms with Gasteiger partial charge in [0.25, 0.3) is 0 Å². The van der Waals surface area contributed by atoms with Crippen LogP contribution in [0.2, 0.25) is 5.02 Å². The van der Waals surface area contributed by atoms with E-state index in [1.807, 2.05) is 25.1 Å². The van der Waals surface area contributed by atoms with E-state index in [0.717, 1.165) is 34.8 Å². The second-order valence-electron chi connectivity index (χ2n) is 5.32. The minimum Gasteiger partial charge on any atom is -0.312 e. The molecular weight excluding hydrogens is 306 g/mol. The van der Waals surface area contributed by atoms with Crippen LogP contribution in [0.3, 0.4) is 0 Å². The molecule has 2 unspecified atom stereocenters. The maximum atomic E-state index is 11.3. The molecule has 1 heterocycles. The third-order valence-corrected chi connectivity index (χ3v) is 4.86. The molecule has 0 fully saturated rings. The van der Waals surface area contributed by atoms with Crippen LogP contribution < -0.4 is 5.32 Å². The van der Waals surface area contributed by atoms with Crippen molar-refractivity contribution in [1.82, 2.24) is 5.32 Å². The zero-order valence-electron chi connectivity index (χ0n) is 11.6. The second kappa shape index (κ2) is 5.89. The third kappa shape index (κ3) is 2.90. The highest BCUT2D eigenvalue weighted by Gasteiger charge is 2.24. The van der Waals surface area contributed by atoms with Crippen LogP contribution in [0.15, 0.2) is 41.3 Å². The molecule has 0 radical (unpaired) electrons. The van der Waals surface area contributed by atoms with Gasteiger partial charge in [-0.2, -0.15) is 0 Å². The number of benzene rings is 2. The van der Waals surface area contributed by atoms with Gasteiger partial charge < -0.3 is 9.87 Å². The first-order valence-corrected chi connectivity index (χ1v) is 8.25. The molecule has 5 heteroatoms. The number of nitrogens with one attached hydrogen (secondary N) is 1. The number of hydrogen-bond donors (Lipinski definition) is 2. The summed E-state index contributed by atoms with van der Waals surface area (Å²) in [4.78, 5) is 0.429. The molecule has 3 nitrogen and oxygen atoms in total. The van der Waals surface area contributed by atoms with Crippen LogP contribution >= 0.6 is 11.6 Å². The van der Waals surface area contributed by atoms with Crippen molar-refractivity contribution in [1.29, 1.82) is 0 Å². The van der Waals surface area contributed by atoms with E-state index in [9.17, 15) is 8.76 Å². The maximum Gasteiger partial charge on any atom is 0.186 e. The Morgan fingerprint density at radius 3 is 2.90 bits per heavy atom. The molecule has 2 atom stereocenters. The van der Waals surface area contributed by atoms with Gasteiger partial charge in [-0.25, -0.2) is 4.21 Å². The van der Waals surface area contributed by atoms with Crippen LogP contribution in [0.5, 0.6) is 0 Å². The normalized spacial score (nSPS) is 19.1. The van der Waals surface area contributed by atoms with Gasteiger partial charge in [0.2, 0.25) is 0 Å². The van der Waals surface area contributed by atoms with E-state index in [-0.39, 0.29) is 5.92 Å². The summed E-state index contributed by atoms with van der Waals surface area (Å²) in [5, 5.41) is 4.16. The quantitative estimate of drug-likeness (QED) is 0.833. The van der Waals surface area contributed by atoms with Gasteiger partial charge in [0.15, 0.2) is 11.1 Å². The molecule has 0 saturated carbocycles. The van der Waals surface area contributed by atoms with Crippen molar-refractivity contribution < 1.29 is 8.76 Å². The van der Waals surface area contributed by atoms with E-state index in [4.69, 9.17) is 11.6 Å². The molecule has 110 valence electrons. The van der Waals surface area contributed by atoms with Crippen LogP contribution in [0.1, 0.15) is 28.2 Å².